The minimum Gasteiger partial charge on any atom is -0.493 e. The summed E-state index contributed by atoms with van der Waals surface area (Å²) in [5, 5.41) is 4.67. The molecule has 0 aliphatic carbocycles. The number of ether oxygens (including phenoxy) is 1. The van der Waals surface area contributed by atoms with E-state index in [2.05, 4.69) is 36.5 Å². The molecule has 4 rings (SSSR count). The lowest BCUT2D eigenvalue weighted by molar-refractivity contribution is -0.111. The maximum atomic E-state index is 12.8. The van der Waals surface area contributed by atoms with Crippen LogP contribution in [0, 0.1) is 13.8 Å². The van der Waals surface area contributed by atoms with Crippen molar-refractivity contribution in [3.05, 3.63) is 87.6 Å². The Morgan fingerprint density at radius 3 is 2.53 bits per heavy atom. The molecule has 1 heterocycles. The van der Waals surface area contributed by atoms with Crippen molar-refractivity contribution in [3.8, 4) is 16.9 Å². The van der Waals surface area contributed by atoms with Crippen molar-refractivity contribution in [2.45, 2.75) is 27.7 Å². The fourth-order valence-corrected chi connectivity index (χ4v) is 4.27. The van der Waals surface area contributed by atoms with Crippen LogP contribution in [0.5, 0.6) is 5.75 Å². The Morgan fingerprint density at radius 1 is 1.09 bits per heavy atom. The number of carbonyl (C=O) groups is 1. The average molecular weight is 494 g/mol. The molecule has 174 valence electrons. The Balaban J connectivity index is 1.78. The number of fused-ring (bicyclic) bond motifs is 1. The lowest BCUT2D eigenvalue weighted by Gasteiger charge is -2.15. The molecule has 1 aromatic heterocycles. The standard InChI is InChI=1S/C28H25Cl2NO3/c1-5-33-27-18(4)28-22(23(15-34-28)19-8-6-16(2)7-9-19)14-21(27)17(3)12-26(32)31-25-13-20(29)10-11-24(25)30/h6-15H,5H2,1-4H3,(H,31,32)/b17-12+. The average Bonchev–Trinajstić information content (AvgIpc) is 3.23. The van der Waals surface area contributed by atoms with E-state index in [1.807, 2.05) is 26.8 Å². The van der Waals surface area contributed by atoms with E-state index < -0.39 is 0 Å². The summed E-state index contributed by atoms with van der Waals surface area (Å²) in [4.78, 5) is 12.8. The second-order valence-electron chi connectivity index (χ2n) is 8.14. The minimum atomic E-state index is -0.312. The lowest BCUT2D eigenvalue weighted by atomic mass is 9.96. The van der Waals surface area contributed by atoms with Gasteiger partial charge in [-0.25, -0.2) is 0 Å². The van der Waals surface area contributed by atoms with Crippen LogP contribution in [0.1, 0.15) is 30.5 Å². The Bertz CT molecular complexity index is 1400. The topological polar surface area (TPSA) is 51.5 Å². The van der Waals surface area contributed by atoms with Crippen molar-refractivity contribution < 1.29 is 13.9 Å². The number of carbonyl (C=O) groups excluding carboxylic acids is 1. The second kappa shape index (κ2) is 9.96. The van der Waals surface area contributed by atoms with Gasteiger partial charge >= 0.3 is 0 Å². The molecule has 0 aliphatic rings. The van der Waals surface area contributed by atoms with E-state index in [0.29, 0.717) is 28.1 Å². The van der Waals surface area contributed by atoms with Crippen molar-refractivity contribution in [2.24, 2.45) is 0 Å². The number of aryl methyl sites for hydroxylation is 2. The second-order valence-corrected chi connectivity index (χ2v) is 8.99. The van der Waals surface area contributed by atoms with E-state index in [0.717, 1.165) is 38.8 Å². The molecule has 1 amide bonds. The van der Waals surface area contributed by atoms with Crippen molar-refractivity contribution in [1.82, 2.24) is 0 Å². The number of rotatable bonds is 6. The quantitative estimate of drug-likeness (QED) is 0.274. The molecule has 0 atom stereocenters. The third kappa shape index (κ3) is 4.84. The van der Waals surface area contributed by atoms with Crippen molar-refractivity contribution in [1.29, 1.82) is 0 Å². The van der Waals surface area contributed by atoms with Crippen LogP contribution in [-0.4, -0.2) is 12.5 Å². The van der Waals surface area contributed by atoms with Crippen molar-refractivity contribution >= 4 is 51.3 Å². The molecule has 6 heteroatoms. The predicted molar refractivity (Wildman–Crippen MR) is 141 cm³/mol. The van der Waals surface area contributed by atoms with E-state index in [-0.39, 0.29) is 5.91 Å². The molecule has 34 heavy (non-hydrogen) atoms. The van der Waals surface area contributed by atoms with Gasteiger partial charge in [-0.2, -0.15) is 0 Å². The van der Waals surface area contributed by atoms with Gasteiger partial charge in [0.25, 0.3) is 0 Å². The van der Waals surface area contributed by atoms with E-state index >= 15 is 0 Å². The van der Waals surface area contributed by atoms with Crippen LogP contribution in [0.15, 0.2) is 65.3 Å². The van der Waals surface area contributed by atoms with E-state index in [4.69, 9.17) is 32.4 Å². The Hall–Kier alpha value is -3.21. The molecular weight excluding hydrogens is 469 g/mol. The lowest BCUT2D eigenvalue weighted by Crippen LogP contribution is -2.09. The summed E-state index contributed by atoms with van der Waals surface area (Å²) in [7, 11) is 0. The van der Waals surface area contributed by atoms with E-state index in [9.17, 15) is 4.79 Å². The SMILES string of the molecule is CCOc1c(/C(C)=C/C(=O)Nc2cc(Cl)ccc2Cl)cc2c(-c3ccc(C)cc3)coc2c1C. The van der Waals surface area contributed by atoms with Crippen LogP contribution in [-0.2, 0) is 4.79 Å². The van der Waals surface area contributed by atoms with Crippen LogP contribution in [0.3, 0.4) is 0 Å². The Labute approximate surface area is 209 Å². The number of amides is 1. The van der Waals surface area contributed by atoms with Gasteiger partial charge in [-0.15, -0.1) is 0 Å². The van der Waals surface area contributed by atoms with Gasteiger partial charge < -0.3 is 14.5 Å². The normalized spacial score (nSPS) is 11.6. The van der Waals surface area contributed by atoms with Gasteiger partial charge in [-0.1, -0.05) is 53.0 Å². The Morgan fingerprint density at radius 2 is 1.82 bits per heavy atom. The molecular formula is C28H25Cl2NO3. The van der Waals surface area contributed by atoms with Gasteiger partial charge in [-0.05, 0) is 63.1 Å². The molecule has 3 aromatic carbocycles. The highest BCUT2D eigenvalue weighted by Crippen LogP contribution is 2.41. The number of anilines is 1. The molecule has 4 aromatic rings. The minimum absolute atomic E-state index is 0.312. The van der Waals surface area contributed by atoms with Crippen LogP contribution < -0.4 is 10.1 Å². The molecule has 0 bridgehead atoms. The maximum absolute atomic E-state index is 12.8. The highest BCUT2D eigenvalue weighted by Gasteiger charge is 2.19. The zero-order chi connectivity index (χ0) is 24.4. The first-order valence-electron chi connectivity index (χ1n) is 11.0. The van der Waals surface area contributed by atoms with Crippen LogP contribution in [0.4, 0.5) is 5.69 Å². The smallest absolute Gasteiger partial charge is 0.248 e. The summed E-state index contributed by atoms with van der Waals surface area (Å²) in [6.07, 6.45) is 3.31. The third-order valence-electron chi connectivity index (χ3n) is 5.65. The monoisotopic (exact) mass is 493 g/mol. The first-order chi connectivity index (χ1) is 16.3. The maximum Gasteiger partial charge on any atom is 0.248 e. The number of benzene rings is 3. The van der Waals surface area contributed by atoms with Gasteiger partial charge in [0.15, 0.2) is 0 Å². The summed E-state index contributed by atoms with van der Waals surface area (Å²) in [6, 6.07) is 15.3. The zero-order valence-corrected chi connectivity index (χ0v) is 21.0. The van der Waals surface area contributed by atoms with Crippen molar-refractivity contribution in [3.63, 3.8) is 0 Å². The first-order valence-corrected chi connectivity index (χ1v) is 11.7. The molecule has 0 radical (unpaired) electrons. The predicted octanol–water partition coefficient (Wildman–Crippen LogP) is 8.46. The number of hydrogen-bond acceptors (Lipinski definition) is 3. The van der Waals surface area contributed by atoms with Crippen LogP contribution in [0.25, 0.3) is 27.7 Å². The molecule has 0 saturated carbocycles. The molecule has 0 unspecified atom stereocenters. The number of furan rings is 1. The van der Waals surface area contributed by atoms with Crippen LogP contribution >= 0.6 is 23.2 Å². The Kier molecular flexibility index (Phi) is 7.01. The van der Waals surface area contributed by atoms with Gasteiger partial charge in [0.1, 0.15) is 11.3 Å². The van der Waals surface area contributed by atoms with Gasteiger partial charge in [0.2, 0.25) is 5.91 Å². The molecule has 0 saturated heterocycles. The third-order valence-corrected chi connectivity index (χ3v) is 6.22. The number of hydrogen-bond donors (Lipinski definition) is 1. The van der Waals surface area contributed by atoms with E-state index in [1.165, 1.54) is 11.6 Å². The molecule has 0 fully saturated rings. The van der Waals surface area contributed by atoms with Crippen LogP contribution in [0.2, 0.25) is 10.0 Å². The summed E-state index contributed by atoms with van der Waals surface area (Å²) < 4.78 is 12.0. The summed E-state index contributed by atoms with van der Waals surface area (Å²) in [5.41, 5.74) is 6.94. The highest BCUT2D eigenvalue weighted by atomic mass is 35.5. The molecule has 1 N–H and O–H groups in total. The number of nitrogens with one attached hydrogen (secondary N) is 1. The van der Waals surface area contributed by atoms with Gasteiger partial charge in [0.05, 0.1) is 23.6 Å². The number of allylic oxidation sites excluding steroid dienone is 1. The first kappa shape index (κ1) is 23.9. The van der Waals surface area contributed by atoms with Gasteiger partial charge in [0, 0.05) is 33.2 Å². The molecule has 0 aliphatic heterocycles. The summed E-state index contributed by atoms with van der Waals surface area (Å²) in [5.74, 6) is 0.384. The largest absolute Gasteiger partial charge is 0.493 e. The number of halogens is 2. The fourth-order valence-electron chi connectivity index (χ4n) is 3.93. The molecule has 4 nitrogen and oxygen atoms in total. The summed E-state index contributed by atoms with van der Waals surface area (Å²) >= 11 is 12.2. The fraction of sp³-hybridized carbons (Fsp3) is 0.179. The highest BCUT2D eigenvalue weighted by molar-refractivity contribution is 6.35. The van der Waals surface area contributed by atoms with Gasteiger partial charge in [-0.3, -0.25) is 4.79 Å². The summed E-state index contributed by atoms with van der Waals surface area (Å²) in [6.45, 7) is 8.33. The zero-order valence-electron chi connectivity index (χ0n) is 19.5. The van der Waals surface area contributed by atoms with E-state index in [1.54, 1.807) is 24.5 Å². The van der Waals surface area contributed by atoms with Crippen molar-refractivity contribution in [2.75, 3.05) is 11.9 Å². The molecule has 0 spiro atoms.